The molecule has 0 radical (unpaired) electrons. The fourth-order valence-corrected chi connectivity index (χ4v) is 4.62. The Kier molecular flexibility index (Phi) is 11.2. The van der Waals surface area contributed by atoms with Gasteiger partial charge in [-0.15, -0.1) is 0 Å². The minimum absolute atomic E-state index is 0.214. The minimum Gasteiger partial charge on any atom is -0.493 e. The number of carboxylic acids is 2. The van der Waals surface area contributed by atoms with Gasteiger partial charge in [0.05, 0.1) is 28.4 Å². The van der Waals surface area contributed by atoms with Crippen molar-refractivity contribution in [3.05, 3.63) is 47.0 Å². The minimum atomic E-state index is -1.82. The van der Waals surface area contributed by atoms with Crippen LogP contribution in [0.25, 0.3) is 0 Å². The predicted octanol–water partition coefficient (Wildman–Crippen LogP) is 3.58. The molecule has 11 nitrogen and oxygen atoms in total. The summed E-state index contributed by atoms with van der Waals surface area (Å²) in [7, 11) is 6.53. The van der Waals surface area contributed by atoms with Crippen molar-refractivity contribution in [2.24, 2.45) is 0 Å². The van der Waals surface area contributed by atoms with Crippen molar-refractivity contribution in [3.63, 3.8) is 0 Å². The van der Waals surface area contributed by atoms with E-state index in [-0.39, 0.29) is 12.4 Å². The molecular weight excluding hydrogens is 522 g/mol. The average Bonchev–Trinajstić information content (AvgIpc) is 2.90. The Morgan fingerprint density at radius 1 is 0.850 bits per heavy atom. The first-order valence-electron chi connectivity index (χ1n) is 12.7. The van der Waals surface area contributed by atoms with Gasteiger partial charge in [0, 0.05) is 18.5 Å². The quantitative estimate of drug-likeness (QED) is 0.304. The molecule has 0 saturated carbocycles. The van der Waals surface area contributed by atoms with Crippen LogP contribution in [0.3, 0.4) is 0 Å². The summed E-state index contributed by atoms with van der Waals surface area (Å²) in [5.74, 6) is -1.14. The van der Waals surface area contributed by atoms with Gasteiger partial charge in [-0.25, -0.2) is 9.59 Å². The van der Waals surface area contributed by atoms with Crippen LogP contribution in [0.2, 0.25) is 0 Å². The summed E-state index contributed by atoms with van der Waals surface area (Å²) in [6.07, 6.45) is 2.36. The number of methoxy groups -OCH3 is 4. The second-order valence-corrected chi connectivity index (χ2v) is 10.2. The van der Waals surface area contributed by atoms with E-state index in [1.54, 1.807) is 28.4 Å². The van der Waals surface area contributed by atoms with Crippen molar-refractivity contribution in [2.45, 2.75) is 57.6 Å². The van der Waals surface area contributed by atoms with Gasteiger partial charge < -0.3 is 39.2 Å². The van der Waals surface area contributed by atoms with E-state index in [0.717, 1.165) is 24.1 Å². The van der Waals surface area contributed by atoms with E-state index in [2.05, 4.69) is 5.32 Å². The number of benzene rings is 2. The van der Waals surface area contributed by atoms with Crippen molar-refractivity contribution in [2.75, 3.05) is 35.0 Å². The van der Waals surface area contributed by atoms with Crippen LogP contribution in [0.4, 0.5) is 0 Å². The van der Waals surface area contributed by atoms with Crippen LogP contribution in [-0.4, -0.2) is 68.7 Å². The number of nitrogens with one attached hydrogen (secondary N) is 1. The highest BCUT2D eigenvalue weighted by Gasteiger charge is 2.38. The average molecular weight is 562 g/mol. The number of hydrogen-bond acceptors (Lipinski definition) is 9. The lowest BCUT2D eigenvalue weighted by Crippen LogP contribution is -2.49. The van der Waals surface area contributed by atoms with E-state index in [1.807, 2.05) is 51.1 Å². The molecule has 0 unspecified atom stereocenters. The topological polar surface area (TPSA) is 150 Å². The summed E-state index contributed by atoms with van der Waals surface area (Å²) in [6.45, 7) is 6.44. The summed E-state index contributed by atoms with van der Waals surface area (Å²) < 4.78 is 27.7. The number of carboxylic acid groups (broad SMARTS) is 2. The van der Waals surface area contributed by atoms with Crippen LogP contribution in [0, 0.1) is 0 Å². The van der Waals surface area contributed by atoms with Gasteiger partial charge in [-0.05, 0) is 81.0 Å². The number of ether oxygens (including phenoxy) is 5. The SMILES string of the molecule is COc1ccc(C[C@@]2(CCC(=O)OC(C)(C)C)NCCc3cc(OC)c(OC)cc32)cc1OC.O=C(O)C(=O)O. The Balaban J connectivity index is 0.000000840. The largest absolute Gasteiger partial charge is 0.493 e. The molecule has 0 amide bonds. The lowest BCUT2D eigenvalue weighted by Gasteiger charge is -2.41. The van der Waals surface area contributed by atoms with Gasteiger partial charge in [0.2, 0.25) is 0 Å². The normalized spacial score (nSPS) is 16.0. The number of carbonyl (C=O) groups excluding carboxylic acids is 1. The molecule has 0 spiro atoms. The smallest absolute Gasteiger partial charge is 0.414 e. The Bertz CT molecular complexity index is 1190. The number of hydrogen-bond donors (Lipinski definition) is 3. The van der Waals surface area contributed by atoms with Gasteiger partial charge in [0.25, 0.3) is 0 Å². The Morgan fingerprint density at radius 2 is 1.40 bits per heavy atom. The van der Waals surface area contributed by atoms with Gasteiger partial charge in [0.1, 0.15) is 5.60 Å². The second-order valence-electron chi connectivity index (χ2n) is 10.2. The maximum Gasteiger partial charge on any atom is 0.414 e. The van der Waals surface area contributed by atoms with E-state index in [0.29, 0.717) is 35.8 Å². The molecule has 0 saturated heterocycles. The summed E-state index contributed by atoms with van der Waals surface area (Å²) in [5.41, 5.74) is 2.33. The molecule has 3 rings (SSSR count). The Labute approximate surface area is 234 Å². The van der Waals surface area contributed by atoms with E-state index in [9.17, 15) is 4.79 Å². The zero-order valence-corrected chi connectivity index (χ0v) is 24.1. The molecule has 0 aromatic heterocycles. The van der Waals surface area contributed by atoms with Crippen LogP contribution in [0.15, 0.2) is 30.3 Å². The van der Waals surface area contributed by atoms with Crippen molar-refractivity contribution >= 4 is 17.9 Å². The molecule has 2 aromatic rings. The summed E-state index contributed by atoms with van der Waals surface area (Å²) in [4.78, 5) is 30.9. The molecule has 0 aliphatic carbocycles. The number of carbonyl (C=O) groups is 3. The predicted molar refractivity (Wildman–Crippen MR) is 147 cm³/mol. The molecular formula is C29H39NO10. The maximum atomic E-state index is 12.7. The van der Waals surface area contributed by atoms with Crippen molar-refractivity contribution in [1.82, 2.24) is 5.32 Å². The molecule has 2 aromatic carbocycles. The first-order chi connectivity index (χ1) is 18.8. The third-order valence-corrected chi connectivity index (χ3v) is 6.30. The van der Waals surface area contributed by atoms with Gasteiger partial charge in [0.15, 0.2) is 23.0 Å². The van der Waals surface area contributed by atoms with E-state index < -0.39 is 23.1 Å². The van der Waals surface area contributed by atoms with Crippen molar-refractivity contribution in [1.29, 1.82) is 0 Å². The standard InChI is InChI=1S/C27H37NO6.C2H2O4/c1-26(2,3)34-25(29)10-12-27(17-18-8-9-21(30-4)22(14-18)31-5)20-16-24(33-7)23(32-6)15-19(20)11-13-28-27;3-1(4)2(5)6/h8-9,14-16,28H,10-13,17H2,1-7H3;(H,3,4)(H,5,6)/t27-;/m1./s1. The number of rotatable bonds is 9. The highest BCUT2D eigenvalue weighted by atomic mass is 16.6. The number of esters is 1. The lowest BCUT2D eigenvalue weighted by molar-refractivity contribution is -0.159. The fourth-order valence-electron chi connectivity index (χ4n) is 4.62. The van der Waals surface area contributed by atoms with E-state index >= 15 is 0 Å². The maximum absolute atomic E-state index is 12.7. The lowest BCUT2D eigenvalue weighted by atomic mass is 9.75. The van der Waals surface area contributed by atoms with E-state index in [4.69, 9.17) is 43.5 Å². The number of aliphatic carboxylic acids is 2. The third kappa shape index (κ3) is 8.51. The first-order valence-corrected chi connectivity index (χ1v) is 12.7. The monoisotopic (exact) mass is 561 g/mol. The van der Waals surface area contributed by atoms with Gasteiger partial charge in [-0.1, -0.05) is 6.07 Å². The zero-order chi connectivity index (χ0) is 30.1. The zero-order valence-electron chi connectivity index (χ0n) is 24.1. The molecule has 3 N–H and O–H groups in total. The highest BCUT2D eigenvalue weighted by molar-refractivity contribution is 6.27. The first kappa shape index (κ1) is 32.2. The molecule has 0 fully saturated rings. The Hall–Kier alpha value is -3.99. The van der Waals surface area contributed by atoms with Gasteiger partial charge >= 0.3 is 17.9 Å². The van der Waals surface area contributed by atoms with Crippen LogP contribution >= 0.6 is 0 Å². The summed E-state index contributed by atoms with van der Waals surface area (Å²) in [5, 5.41) is 18.5. The van der Waals surface area contributed by atoms with Crippen LogP contribution in [0.5, 0.6) is 23.0 Å². The van der Waals surface area contributed by atoms with E-state index in [1.165, 1.54) is 5.56 Å². The highest BCUT2D eigenvalue weighted by Crippen LogP contribution is 2.42. The summed E-state index contributed by atoms with van der Waals surface area (Å²) in [6, 6.07) is 10.0. The molecule has 1 aliphatic rings. The van der Waals surface area contributed by atoms with Crippen LogP contribution in [0.1, 0.15) is 50.3 Å². The fraction of sp³-hybridized carbons (Fsp3) is 0.483. The van der Waals surface area contributed by atoms with Crippen LogP contribution < -0.4 is 24.3 Å². The van der Waals surface area contributed by atoms with Crippen molar-refractivity contribution < 1.29 is 48.3 Å². The molecule has 1 aliphatic heterocycles. The van der Waals surface area contributed by atoms with Gasteiger partial charge in [-0.2, -0.15) is 0 Å². The molecule has 1 atom stereocenters. The van der Waals surface area contributed by atoms with Crippen LogP contribution in [-0.2, 0) is 37.5 Å². The molecule has 220 valence electrons. The molecule has 0 bridgehead atoms. The molecule has 11 heteroatoms. The van der Waals surface area contributed by atoms with Crippen molar-refractivity contribution in [3.8, 4) is 23.0 Å². The Morgan fingerprint density at radius 3 is 1.93 bits per heavy atom. The molecule has 40 heavy (non-hydrogen) atoms. The molecule has 1 heterocycles. The third-order valence-electron chi connectivity index (χ3n) is 6.30. The number of fused-ring (bicyclic) bond motifs is 1. The second kappa shape index (κ2) is 13.9. The van der Waals surface area contributed by atoms with Gasteiger partial charge in [-0.3, -0.25) is 4.79 Å². The summed E-state index contributed by atoms with van der Waals surface area (Å²) >= 11 is 0.